The number of nitrogens with zero attached hydrogens (tertiary/aromatic N) is 2. The first-order valence-corrected chi connectivity index (χ1v) is 9.68. The van der Waals surface area contributed by atoms with Gasteiger partial charge in [-0.05, 0) is 43.5 Å². The summed E-state index contributed by atoms with van der Waals surface area (Å²) < 4.78 is 18.6. The van der Waals surface area contributed by atoms with E-state index in [0.717, 1.165) is 0 Å². The predicted octanol–water partition coefficient (Wildman–Crippen LogP) is 0.376. The number of aliphatic hydroxyl groups is 3. The van der Waals surface area contributed by atoms with Gasteiger partial charge in [-0.2, -0.15) is 0 Å². The largest absolute Gasteiger partial charge is 0.490 e. The van der Waals surface area contributed by atoms with Crippen molar-refractivity contribution in [3.63, 3.8) is 0 Å². The van der Waals surface area contributed by atoms with Crippen molar-refractivity contribution < 1.29 is 29.2 Å². The monoisotopic (exact) mass is 396 g/mol. The highest BCUT2D eigenvalue weighted by Gasteiger charge is 2.44. The second-order valence-electron chi connectivity index (χ2n) is 8.09. The van der Waals surface area contributed by atoms with Gasteiger partial charge < -0.3 is 25.0 Å². The summed E-state index contributed by atoms with van der Waals surface area (Å²) in [6.07, 6.45) is 0.379. The van der Waals surface area contributed by atoms with E-state index in [9.17, 15) is 24.5 Å². The van der Waals surface area contributed by atoms with E-state index in [1.165, 1.54) is 31.2 Å². The number of benzene rings is 1. The van der Waals surface area contributed by atoms with Crippen LogP contribution in [-0.2, 0) is 4.79 Å². The number of carbonyl (C=O) groups is 1. The minimum absolute atomic E-state index is 0.00969. The fraction of sp³-hybridized carbons (Fsp3) is 0.650. The number of hydrogen-bond acceptors (Lipinski definition) is 6. The van der Waals surface area contributed by atoms with Crippen molar-refractivity contribution in [2.24, 2.45) is 0 Å². The molecule has 2 fully saturated rings. The maximum atomic E-state index is 13.0. The zero-order valence-corrected chi connectivity index (χ0v) is 16.2. The molecule has 2 saturated heterocycles. The number of rotatable bonds is 5. The van der Waals surface area contributed by atoms with E-state index in [4.69, 9.17) is 4.74 Å². The van der Waals surface area contributed by atoms with Gasteiger partial charge in [0, 0.05) is 39.6 Å². The number of halogens is 1. The number of amides is 1. The van der Waals surface area contributed by atoms with E-state index in [1.807, 2.05) is 4.90 Å². The molecule has 8 heteroatoms. The Hall–Kier alpha value is -1.74. The van der Waals surface area contributed by atoms with Gasteiger partial charge >= 0.3 is 0 Å². The van der Waals surface area contributed by atoms with Crippen LogP contribution in [0, 0.1) is 5.82 Å². The van der Waals surface area contributed by atoms with Crippen LogP contribution >= 0.6 is 0 Å². The van der Waals surface area contributed by atoms with Crippen LogP contribution in [0.1, 0.15) is 26.2 Å². The highest BCUT2D eigenvalue weighted by Crippen LogP contribution is 2.28. The predicted molar refractivity (Wildman–Crippen MR) is 100 cm³/mol. The molecule has 2 heterocycles. The Morgan fingerprint density at radius 2 is 1.86 bits per heavy atom. The maximum absolute atomic E-state index is 13.0. The Kier molecular flexibility index (Phi) is 6.24. The van der Waals surface area contributed by atoms with Crippen LogP contribution in [0.3, 0.4) is 0 Å². The smallest absolute Gasteiger partial charge is 0.219 e. The van der Waals surface area contributed by atoms with Crippen LogP contribution in [0.25, 0.3) is 0 Å². The van der Waals surface area contributed by atoms with Crippen LogP contribution in [0.5, 0.6) is 5.75 Å². The van der Waals surface area contributed by atoms with Gasteiger partial charge in [0.2, 0.25) is 5.91 Å². The molecule has 1 amide bonds. The second kappa shape index (κ2) is 8.32. The zero-order valence-electron chi connectivity index (χ0n) is 16.2. The molecule has 0 radical (unpaired) electrons. The lowest BCUT2D eigenvalue weighted by molar-refractivity contribution is -0.152. The number of likely N-dealkylation sites (tertiary alicyclic amines) is 2. The van der Waals surface area contributed by atoms with Crippen molar-refractivity contribution >= 4 is 5.91 Å². The molecule has 3 N–H and O–H groups in total. The van der Waals surface area contributed by atoms with Crippen molar-refractivity contribution in [2.75, 3.05) is 39.3 Å². The molecule has 2 aliphatic heterocycles. The van der Waals surface area contributed by atoms with Crippen LogP contribution in [-0.4, -0.2) is 87.7 Å². The zero-order chi connectivity index (χ0) is 20.4. The molecule has 28 heavy (non-hydrogen) atoms. The third-order valence-electron chi connectivity index (χ3n) is 5.80. The van der Waals surface area contributed by atoms with Gasteiger partial charge in [0.05, 0.1) is 11.7 Å². The van der Waals surface area contributed by atoms with Crippen LogP contribution in [0.4, 0.5) is 4.39 Å². The molecule has 0 spiro atoms. The highest BCUT2D eigenvalue weighted by molar-refractivity contribution is 5.73. The molecule has 1 aromatic rings. The lowest BCUT2D eigenvalue weighted by Gasteiger charge is -2.46. The van der Waals surface area contributed by atoms with E-state index < -0.39 is 17.3 Å². The summed E-state index contributed by atoms with van der Waals surface area (Å²) in [5, 5.41) is 32.1. The number of carbonyl (C=O) groups excluding carboxylic acids is 1. The minimum Gasteiger partial charge on any atom is -0.490 e. The van der Waals surface area contributed by atoms with Gasteiger partial charge in [-0.3, -0.25) is 9.69 Å². The molecule has 0 aromatic heterocycles. The number of aliphatic hydroxyl groups excluding tert-OH is 1. The number of hydrogen-bond donors (Lipinski definition) is 3. The number of ether oxygens (including phenoxy) is 1. The molecular weight excluding hydrogens is 367 g/mol. The first-order chi connectivity index (χ1) is 13.2. The Labute approximate surface area is 164 Å². The Bertz CT molecular complexity index is 678. The SMILES string of the molecule is CC(=O)N1CCC(O)(CN2CC[C@H](O)[C@@](O)(COc3ccc(F)cc3)C2)CC1. The summed E-state index contributed by atoms with van der Waals surface area (Å²) in [4.78, 5) is 15.1. The fourth-order valence-corrected chi connectivity index (χ4v) is 3.97. The normalized spacial score (nSPS) is 28.2. The summed E-state index contributed by atoms with van der Waals surface area (Å²) in [6.45, 7) is 3.50. The standard InChI is InChI=1S/C20H29FN2O5/c1-15(24)23-10-7-19(26,8-11-23)12-22-9-6-18(25)20(27,13-22)14-28-17-4-2-16(21)3-5-17/h2-5,18,25-27H,6-14H2,1H3/t18-,20-/m0/s1. The van der Waals surface area contributed by atoms with E-state index in [1.54, 1.807) is 4.90 Å². The summed E-state index contributed by atoms with van der Waals surface area (Å²) >= 11 is 0. The summed E-state index contributed by atoms with van der Waals surface area (Å²) in [5.74, 6) is 0.0452. The Morgan fingerprint density at radius 3 is 2.46 bits per heavy atom. The van der Waals surface area contributed by atoms with Crippen molar-refractivity contribution in [3.8, 4) is 5.75 Å². The molecule has 0 aliphatic carbocycles. The van der Waals surface area contributed by atoms with Gasteiger partial charge in [-0.1, -0.05) is 0 Å². The average molecular weight is 396 g/mol. The lowest BCUT2D eigenvalue weighted by atomic mass is 9.86. The van der Waals surface area contributed by atoms with Crippen LogP contribution in [0.2, 0.25) is 0 Å². The minimum atomic E-state index is -1.48. The van der Waals surface area contributed by atoms with Crippen molar-refractivity contribution in [1.82, 2.24) is 9.80 Å². The Balaban J connectivity index is 1.57. The van der Waals surface area contributed by atoms with Crippen LogP contribution in [0.15, 0.2) is 24.3 Å². The first-order valence-electron chi connectivity index (χ1n) is 9.68. The molecule has 2 atom stereocenters. The van der Waals surface area contributed by atoms with E-state index in [-0.39, 0.29) is 24.9 Å². The summed E-state index contributed by atoms with van der Waals surface area (Å²) in [6, 6.07) is 5.48. The number of β-amino-alcohol motifs (C(OH)–C–C–N with tert-alkyl or cyclic N) is 2. The third-order valence-corrected chi connectivity index (χ3v) is 5.80. The summed E-state index contributed by atoms with van der Waals surface area (Å²) in [5.41, 5.74) is -2.41. The average Bonchev–Trinajstić information content (AvgIpc) is 2.65. The van der Waals surface area contributed by atoms with Crippen molar-refractivity contribution in [3.05, 3.63) is 30.1 Å². The molecule has 2 aliphatic rings. The molecule has 156 valence electrons. The van der Waals surface area contributed by atoms with E-state index in [0.29, 0.717) is 51.2 Å². The highest BCUT2D eigenvalue weighted by atomic mass is 19.1. The van der Waals surface area contributed by atoms with E-state index in [2.05, 4.69) is 0 Å². The number of piperidine rings is 2. The quantitative estimate of drug-likeness (QED) is 0.666. The molecule has 0 bridgehead atoms. The van der Waals surface area contributed by atoms with Crippen molar-refractivity contribution in [2.45, 2.75) is 43.5 Å². The molecule has 3 rings (SSSR count). The summed E-state index contributed by atoms with van der Waals surface area (Å²) in [7, 11) is 0. The fourth-order valence-electron chi connectivity index (χ4n) is 3.97. The third kappa shape index (κ3) is 5.00. The first kappa shape index (κ1) is 21.0. The van der Waals surface area contributed by atoms with Gasteiger partial charge in [0.15, 0.2) is 0 Å². The van der Waals surface area contributed by atoms with Crippen molar-refractivity contribution in [1.29, 1.82) is 0 Å². The second-order valence-corrected chi connectivity index (χ2v) is 8.09. The van der Waals surface area contributed by atoms with Gasteiger partial charge in [0.1, 0.15) is 23.8 Å². The molecule has 0 unspecified atom stereocenters. The Morgan fingerprint density at radius 1 is 1.21 bits per heavy atom. The van der Waals surface area contributed by atoms with Gasteiger partial charge in [-0.15, -0.1) is 0 Å². The lowest BCUT2D eigenvalue weighted by Crippen LogP contribution is -2.62. The molecule has 0 saturated carbocycles. The molecular formula is C20H29FN2O5. The van der Waals surface area contributed by atoms with E-state index >= 15 is 0 Å². The molecule has 7 nitrogen and oxygen atoms in total. The molecule has 1 aromatic carbocycles. The maximum Gasteiger partial charge on any atom is 0.219 e. The topological polar surface area (TPSA) is 93.5 Å². The van der Waals surface area contributed by atoms with Crippen LogP contribution < -0.4 is 4.74 Å². The van der Waals surface area contributed by atoms with Gasteiger partial charge in [0.25, 0.3) is 0 Å². The van der Waals surface area contributed by atoms with Gasteiger partial charge in [-0.25, -0.2) is 4.39 Å².